The number of amides is 1. The number of carbonyl (C=O) groups is 2. The number of anilines is 1. The topological polar surface area (TPSA) is 83.5 Å². The van der Waals surface area contributed by atoms with Gasteiger partial charge in [-0.1, -0.05) is 30.3 Å². The first kappa shape index (κ1) is 14.9. The normalized spacial score (nSPS) is 11.6. The Hall–Kier alpha value is -2.47. The van der Waals surface area contributed by atoms with Crippen molar-refractivity contribution in [1.82, 2.24) is 0 Å². The summed E-state index contributed by atoms with van der Waals surface area (Å²) in [7, 11) is -1.71. The van der Waals surface area contributed by atoms with Gasteiger partial charge in [-0.15, -0.1) is 0 Å². The Morgan fingerprint density at radius 1 is 1.00 bits per heavy atom. The summed E-state index contributed by atoms with van der Waals surface area (Å²) in [6.07, 6.45) is 0. The highest BCUT2D eigenvalue weighted by Crippen LogP contribution is 2.14. The highest BCUT2D eigenvalue weighted by atomic mass is 32.2. The quantitative estimate of drug-likeness (QED) is 0.886. The van der Waals surface area contributed by atoms with Gasteiger partial charge in [0.05, 0.1) is 21.3 Å². The van der Waals surface area contributed by atoms with Crippen LogP contribution in [-0.2, 0) is 15.6 Å². The van der Waals surface area contributed by atoms with E-state index < -0.39 is 22.7 Å². The van der Waals surface area contributed by atoms with Crippen LogP contribution in [0.3, 0.4) is 0 Å². The summed E-state index contributed by atoms with van der Waals surface area (Å²) in [5.41, 5.74) is 0.550. The molecule has 5 nitrogen and oxygen atoms in total. The molecule has 2 aromatic carbocycles. The van der Waals surface area contributed by atoms with E-state index in [9.17, 15) is 13.8 Å². The van der Waals surface area contributed by atoms with E-state index >= 15 is 0 Å². The first-order valence-corrected chi connectivity index (χ1v) is 7.45. The molecule has 0 saturated heterocycles. The standard InChI is InChI=1S/C15H13NO4S/c17-14(16-11-6-2-1-3-7-11)10-21(20)13-9-5-4-8-12(13)15(18)19/h1-9H,10H2,(H,16,17)(H,18,19). The minimum atomic E-state index is -1.71. The molecule has 0 saturated carbocycles. The van der Waals surface area contributed by atoms with Gasteiger partial charge in [0, 0.05) is 5.69 Å². The molecule has 0 fully saturated rings. The molecule has 108 valence electrons. The SMILES string of the molecule is O=C(CS(=O)c1ccccc1C(=O)O)Nc1ccccc1. The van der Waals surface area contributed by atoms with E-state index in [0.717, 1.165) is 0 Å². The summed E-state index contributed by atoms with van der Waals surface area (Å²) in [6, 6.07) is 14.7. The first-order valence-electron chi connectivity index (χ1n) is 6.13. The molecule has 21 heavy (non-hydrogen) atoms. The van der Waals surface area contributed by atoms with Crippen LogP contribution in [0.4, 0.5) is 5.69 Å². The Balaban J connectivity index is 2.08. The van der Waals surface area contributed by atoms with Gasteiger partial charge < -0.3 is 10.4 Å². The fraction of sp³-hybridized carbons (Fsp3) is 0.0667. The Morgan fingerprint density at radius 3 is 2.29 bits per heavy atom. The molecule has 6 heteroatoms. The highest BCUT2D eigenvalue weighted by molar-refractivity contribution is 7.85. The smallest absolute Gasteiger partial charge is 0.336 e. The van der Waals surface area contributed by atoms with E-state index in [4.69, 9.17) is 5.11 Å². The van der Waals surface area contributed by atoms with E-state index in [1.54, 1.807) is 36.4 Å². The van der Waals surface area contributed by atoms with Crippen molar-refractivity contribution in [3.8, 4) is 0 Å². The van der Waals surface area contributed by atoms with Crippen LogP contribution in [-0.4, -0.2) is 26.9 Å². The van der Waals surface area contributed by atoms with Crippen molar-refractivity contribution in [1.29, 1.82) is 0 Å². The van der Waals surface area contributed by atoms with Gasteiger partial charge in [0.1, 0.15) is 5.75 Å². The molecular formula is C15H13NO4S. The van der Waals surface area contributed by atoms with Gasteiger partial charge in [-0.2, -0.15) is 0 Å². The molecule has 0 heterocycles. The van der Waals surface area contributed by atoms with Gasteiger partial charge in [0.2, 0.25) is 5.91 Å². The van der Waals surface area contributed by atoms with E-state index in [-0.39, 0.29) is 16.2 Å². The van der Waals surface area contributed by atoms with Crippen LogP contribution in [0, 0.1) is 0 Å². The van der Waals surface area contributed by atoms with E-state index in [2.05, 4.69) is 5.32 Å². The third-order valence-electron chi connectivity index (χ3n) is 2.68. The molecule has 2 aromatic rings. The molecular weight excluding hydrogens is 290 g/mol. The summed E-state index contributed by atoms with van der Waals surface area (Å²) >= 11 is 0. The molecule has 0 aliphatic heterocycles. The maximum absolute atomic E-state index is 12.2. The van der Waals surface area contributed by atoms with E-state index in [0.29, 0.717) is 5.69 Å². The van der Waals surface area contributed by atoms with Crippen LogP contribution in [0.25, 0.3) is 0 Å². The summed E-state index contributed by atoms with van der Waals surface area (Å²) in [5.74, 6) is -1.89. The second kappa shape index (κ2) is 6.81. The first-order chi connectivity index (χ1) is 10.1. The molecule has 1 amide bonds. The van der Waals surface area contributed by atoms with E-state index in [1.807, 2.05) is 6.07 Å². The zero-order valence-electron chi connectivity index (χ0n) is 11.0. The summed E-state index contributed by atoms with van der Waals surface area (Å²) < 4.78 is 12.2. The Bertz CT molecular complexity index is 685. The average Bonchev–Trinajstić information content (AvgIpc) is 2.48. The van der Waals surface area contributed by atoms with Gasteiger partial charge >= 0.3 is 5.97 Å². The molecule has 0 radical (unpaired) electrons. The molecule has 0 aliphatic rings. The predicted molar refractivity (Wildman–Crippen MR) is 79.7 cm³/mol. The van der Waals surface area contributed by atoms with Crippen molar-refractivity contribution >= 4 is 28.4 Å². The summed E-state index contributed by atoms with van der Waals surface area (Å²) in [6.45, 7) is 0. The number of benzene rings is 2. The molecule has 2 rings (SSSR count). The van der Waals surface area contributed by atoms with Gasteiger partial charge in [0.25, 0.3) is 0 Å². The number of hydrogen-bond donors (Lipinski definition) is 2. The molecule has 0 spiro atoms. The van der Waals surface area contributed by atoms with Gasteiger partial charge in [-0.3, -0.25) is 9.00 Å². The van der Waals surface area contributed by atoms with Crippen LogP contribution in [0.2, 0.25) is 0 Å². The number of aromatic carboxylic acids is 1. The Kier molecular flexibility index (Phi) is 4.84. The van der Waals surface area contributed by atoms with Crippen LogP contribution >= 0.6 is 0 Å². The lowest BCUT2D eigenvalue weighted by Crippen LogP contribution is -2.20. The summed E-state index contributed by atoms with van der Waals surface area (Å²) in [4.78, 5) is 23.0. The number of hydrogen-bond acceptors (Lipinski definition) is 3. The maximum Gasteiger partial charge on any atom is 0.336 e. The Labute approximate surface area is 124 Å². The summed E-state index contributed by atoms with van der Waals surface area (Å²) in [5, 5.41) is 11.7. The van der Waals surface area contributed by atoms with Crippen LogP contribution in [0.1, 0.15) is 10.4 Å². The molecule has 0 aliphatic carbocycles. The zero-order chi connectivity index (χ0) is 15.2. The van der Waals surface area contributed by atoms with Gasteiger partial charge in [-0.05, 0) is 24.3 Å². The van der Waals surface area contributed by atoms with Crippen LogP contribution in [0.5, 0.6) is 0 Å². The fourth-order valence-electron chi connectivity index (χ4n) is 1.76. The number of rotatable bonds is 5. The number of nitrogens with one attached hydrogen (secondary N) is 1. The minimum Gasteiger partial charge on any atom is -0.478 e. The second-order valence-corrected chi connectivity index (χ2v) is 5.62. The van der Waals surface area contributed by atoms with Crippen molar-refractivity contribution in [2.45, 2.75) is 4.90 Å². The predicted octanol–water partition coefficient (Wildman–Crippen LogP) is 2.13. The van der Waals surface area contributed by atoms with Gasteiger partial charge in [0.15, 0.2) is 0 Å². The molecule has 1 unspecified atom stereocenters. The van der Waals surface area contributed by atoms with Crippen molar-refractivity contribution in [2.24, 2.45) is 0 Å². The average molecular weight is 303 g/mol. The monoisotopic (exact) mass is 303 g/mol. The molecule has 0 aromatic heterocycles. The third-order valence-corrected chi connectivity index (χ3v) is 4.05. The zero-order valence-corrected chi connectivity index (χ0v) is 11.8. The van der Waals surface area contributed by atoms with E-state index in [1.165, 1.54) is 12.1 Å². The maximum atomic E-state index is 12.2. The van der Waals surface area contributed by atoms with Crippen LogP contribution < -0.4 is 5.32 Å². The van der Waals surface area contributed by atoms with Crippen molar-refractivity contribution < 1.29 is 18.9 Å². The highest BCUT2D eigenvalue weighted by Gasteiger charge is 2.17. The Morgan fingerprint density at radius 2 is 1.62 bits per heavy atom. The molecule has 1 atom stereocenters. The lowest BCUT2D eigenvalue weighted by Gasteiger charge is -2.07. The van der Waals surface area contributed by atoms with Gasteiger partial charge in [-0.25, -0.2) is 4.79 Å². The lowest BCUT2D eigenvalue weighted by molar-refractivity contribution is -0.113. The largest absolute Gasteiger partial charge is 0.478 e. The molecule has 2 N–H and O–H groups in total. The minimum absolute atomic E-state index is 0.0525. The van der Waals surface area contributed by atoms with Crippen LogP contribution in [0.15, 0.2) is 59.5 Å². The van der Waals surface area contributed by atoms with Crippen molar-refractivity contribution in [3.05, 3.63) is 60.2 Å². The van der Waals surface area contributed by atoms with Crippen molar-refractivity contribution in [3.63, 3.8) is 0 Å². The number of carbonyl (C=O) groups excluding carboxylic acids is 1. The second-order valence-electron chi connectivity index (χ2n) is 4.21. The third kappa shape index (κ3) is 4.00. The fourth-order valence-corrected chi connectivity index (χ4v) is 2.85. The number of para-hydroxylation sites is 1. The van der Waals surface area contributed by atoms with Crippen molar-refractivity contribution in [2.75, 3.05) is 11.1 Å². The number of carboxylic acid groups (broad SMARTS) is 1. The number of carboxylic acids is 1. The molecule has 0 bridgehead atoms. The lowest BCUT2D eigenvalue weighted by atomic mass is 10.2.